The molecule has 0 aliphatic rings. The molecule has 2 N–H and O–H groups in total. The van der Waals surface area contributed by atoms with Crippen LogP contribution >= 0.6 is 0 Å². The maximum absolute atomic E-state index is 12.6. The Hall–Kier alpha value is -1.92. The van der Waals surface area contributed by atoms with E-state index in [0.29, 0.717) is 16.9 Å². The molecule has 0 unspecified atom stereocenters. The molecular weight excluding hydrogens is 274 g/mol. The molecule has 6 heteroatoms. The maximum Gasteiger partial charge on any atom is 0.243 e. The molecule has 1 aromatic carbocycles. The zero-order chi connectivity index (χ0) is 14.8. The molecular formula is C14H17N3O2S. The average molecular weight is 291 g/mol. The second-order valence-corrected chi connectivity index (χ2v) is 6.57. The molecule has 20 heavy (non-hydrogen) atoms. The molecule has 0 saturated heterocycles. The highest BCUT2D eigenvalue weighted by atomic mass is 32.2. The van der Waals surface area contributed by atoms with Crippen molar-refractivity contribution in [2.45, 2.75) is 18.4 Å². The number of hydrogen-bond donors (Lipinski definition) is 1. The lowest BCUT2D eigenvalue weighted by molar-refractivity contribution is 0.462. The van der Waals surface area contributed by atoms with Gasteiger partial charge in [-0.2, -0.15) is 4.31 Å². The molecule has 0 aliphatic carbocycles. The van der Waals surface area contributed by atoms with E-state index >= 15 is 0 Å². The van der Waals surface area contributed by atoms with Crippen molar-refractivity contribution >= 4 is 15.7 Å². The second-order valence-electron chi connectivity index (χ2n) is 4.55. The molecule has 0 bridgehead atoms. The molecule has 0 atom stereocenters. The van der Waals surface area contributed by atoms with Gasteiger partial charge in [0.25, 0.3) is 0 Å². The maximum atomic E-state index is 12.6. The van der Waals surface area contributed by atoms with E-state index in [-0.39, 0.29) is 11.4 Å². The second kappa shape index (κ2) is 5.60. The molecule has 0 saturated carbocycles. The number of rotatable bonds is 4. The van der Waals surface area contributed by atoms with Crippen molar-refractivity contribution in [1.82, 2.24) is 9.29 Å². The van der Waals surface area contributed by atoms with Crippen molar-refractivity contribution in [3.8, 4) is 0 Å². The third-order valence-corrected chi connectivity index (χ3v) is 5.07. The first-order chi connectivity index (χ1) is 9.43. The number of benzene rings is 1. The SMILES string of the molecule is Cc1c(N)cccc1S(=O)(=O)N(C)Cc1ccccn1. The number of nitrogens with zero attached hydrogens (tertiary/aromatic N) is 2. The van der Waals surface area contributed by atoms with Crippen molar-refractivity contribution in [1.29, 1.82) is 0 Å². The Kier molecular flexibility index (Phi) is 4.06. The molecule has 0 radical (unpaired) electrons. The van der Waals surface area contributed by atoms with E-state index in [1.165, 1.54) is 11.4 Å². The molecule has 0 fully saturated rings. The first kappa shape index (κ1) is 14.5. The normalized spacial score (nSPS) is 11.8. The Morgan fingerprint density at radius 2 is 1.95 bits per heavy atom. The zero-order valence-corrected chi connectivity index (χ0v) is 12.3. The molecule has 1 aromatic heterocycles. The van der Waals surface area contributed by atoms with Crippen LogP contribution in [0.25, 0.3) is 0 Å². The Bertz CT molecular complexity index is 700. The van der Waals surface area contributed by atoms with Gasteiger partial charge in [0.15, 0.2) is 0 Å². The Labute approximate surface area is 119 Å². The van der Waals surface area contributed by atoms with Crippen LogP contribution in [0.15, 0.2) is 47.5 Å². The molecule has 1 heterocycles. The van der Waals surface area contributed by atoms with Crippen LogP contribution in [0.2, 0.25) is 0 Å². The fourth-order valence-electron chi connectivity index (χ4n) is 1.88. The number of hydrogen-bond acceptors (Lipinski definition) is 4. The van der Waals surface area contributed by atoms with Gasteiger partial charge in [0.1, 0.15) is 0 Å². The van der Waals surface area contributed by atoms with E-state index < -0.39 is 10.0 Å². The fourth-order valence-corrected chi connectivity index (χ4v) is 3.28. The van der Waals surface area contributed by atoms with Gasteiger partial charge in [0, 0.05) is 18.9 Å². The van der Waals surface area contributed by atoms with Crippen molar-refractivity contribution in [2.24, 2.45) is 0 Å². The van der Waals surface area contributed by atoms with Gasteiger partial charge in [0.2, 0.25) is 10.0 Å². The van der Waals surface area contributed by atoms with Gasteiger partial charge in [0.05, 0.1) is 17.1 Å². The minimum atomic E-state index is -3.58. The van der Waals surface area contributed by atoms with Gasteiger partial charge in [-0.1, -0.05) is 12.1 Å². The Morgan fingerprint density at radius 3 is 2.60 bits per heavy atom. The van der Waals surface area contributed by atoms with Crippen LogP contribution < -0.4 is 5.73 Å². The third-order valence-electron chi connectivity index (χ3n) is 3.13. The van der Waals surface area contributed by atoms with Gasteiger partial charge in [-0.15, -0.1) is 0 Å². The minimum absolute atomic E-state index is 0.220. The van der Waals surface area contributed by atoms with Crippen LogP contribution in [0, 0.1) is 6.92 Å². The topological polar surface area (TPSA) is 76.3 Å². The van der Waals surface area contributed by atoms with Gasteiger partial charge >= 0.3 is 0 Å². The summed E-state index contributed by atoms with van der Waals surface area (Å²) in [4.78, 5) is 4.37. The number of nitrogen functional groups attached to an aromatic ring is 1. The molecule has 0 spiro atoms. The predicted molar refractivity (Wildman–Crippen MR) is 78.5 cm³/mol. The zero-order valence-electron chi connectivity index (χ0n) is 11.4. The van der Waals surface area contributed by atoms with Crippen LogP contribution in [0.1, 0.15) is 11.3 Å². The fraction of sp³-hybridized carbons (Fsp3) is 0.214. The number of sulfonamides is 1. The molecule has 2 aromatic rings. The minimum Gasteiger partial charge on any atom is -0.398 e. The van der Waals surface area contributed by atoms with Gasteiger partial charge in [-0.3, -0.25) is 4.98 Å². The average Bonchev–Trinajstić information content (AvgIpc) is 2.42. The molecule has 0 aliphatic heterocycles. The van der Waals surface area contributed by atoms with Crippen molar-refractivity contribution in [3.63, 3.8) is 0 Å². The summed E-state index contributed by atoms with van der Waals surface area (Å²) in [5.41, 5.74) is 7.51. The highest BCUT2D eigenvalue weighted by molar-refractivity contribution is 7.89. The van der Waals surface area contributed by atoms with Crippen molar-refractivity contribution in [3.05, 3.63) is 53.9 Å². The highest BCUT2D eigenvalue weighted by Crippen LogP contribution is 2.23. The molecule has 106 valence electrons. The number of pyridine rings is 1. The van der Waals surface area contributed by atoms with Gasteiger partial charge in [-0.05, 0) is 36.8 Å². The number of anilines is 1. The van der Waals surface area contributed by atoms with Crippen LogP contribution in [0.4, 0.5) is 5.69 Å². The summed E-state index contributed by atoms with van der Waals surface area (Å²) in [6, 6.07) is 10.3. The number of nitrogens with two attached hydrogens (primary N) is 1. The Morgan fingerprint density at radius 1 is 1.20 bits per heavy atom. The first-order valence-corrected chi connectivity index (χ1v) is 7.58. The van der Waals surface area contributed by atoms with Crippen LogP contribution in [-0.2, 0) is 16.6 Å². The van der Waals surface area contributed by atoms with E-state index in [4.69, 9.17) is 5.73 Å². The summed E-state index contributed by atoms with van der Waals surface area (Å²) in [5, 5.41) is 0. The summed E-state index contributed by atoms with van der Waals surface area (Å²) in [6.07, 6.45) is 1.64. The lowest BCUT2D eigenvalue weighted by atomic mass is 10.2. The smallest absolute Gasteiger partial charge is 0.243 e. The summed E-state index contributed by atoms with van der Waals surface area (Å²) >= 11 is 0. The summed E-state index contributed by atoms with van der Waals surface area (Å²) in [7, 11) is -2.04. The van der Waals surface area contributed by atoms with E-state index in [1.807, 2.05) is 6.07 Å². The predicted octanol–water partition coefficient (Wildman–Crippen LogP) is 1.79. The largest absolute Gasteiger partial charge is 0.398 e. The summed E-state index contributed by atoms with van der Waals surface area (Å²) in [5.74, 6) is 0. The molecule has 0 amide bonds. The lowest BCUT2D eigenvalue weighted by Crippen LogP contribution is -2.27. The number of aromatic nitrogens is 1. The third kappa shape index (κ3) is 2.81. The van der Waals surface area contributed by atoms with E-state index in [9.17, 15) is 8.42 Å². The van der Waals surface area contributed by atoms with Gasteiger partial charge < -0.3 is 5.73 Å². The van der Waals surface area contributed by atoms with E-state index in [1.54, 1.807) is 43.5 Å². The quantitative estimate of drug-likeness (QED) is 0.871. The lowest BCUT2D eigenvalue weighted by Gasteiger charge is -2.18. The van der Waals surface area contributed by atoms with E-state index in [2.05, 4.69) is 4.98 Å². The summed E-state index contributed by atoms with van der Waals surface area (Å²) in [6.45, 7) is 1.92. The standard InChI is InChI=1S/C14H17N3O2S/c1-11-13(15)7-5-8-14(11)20(18,19)17(2)10-12-6-3-4-9-16-12/h3-9H,10,15H2,1-2H3. The molecule has 2 rings (SSSR count). The van der Waals surface area contributed by atoms with Crippen LogP contribution in [0.5, 0.6) is 0 Å². The highest BCUT2D eigenvalue weighted by Gasteiger charge is 2.23. The van der Waals surface area contributed by atoms with Crippen molar-refractivity contribution in [2.75, 3.05) is 12.8 Å². The summed E-state index contributed by atoms with van der Waals surface area (Å²) < 4.78 is 26.4. The van der Waals surface area contributed by atoms with Crippen LogP contribution in [0.3, 0.4) is 0 Å². The monoisotopic (exact) mass is 291 g/mol. The molecule has 5 nitrogen and oxygen atoms in total. The van der Waals surface area contributed by atoms with E-state index in [0.717, 1.165) is 0 Å². The van der Waals surface area contributed by atoms with Crippen LogP contribution in [-0.4, -0.2) is 24.8 Å². The van der Waals surface area contributed by atoms with Crippen molar-refractivity contribution < 1.29 is 8.42 Å². The Balaban J connectivity index is 2.33. The van der Waals surface area contributed by atoms with Gasteiger partial charge in [-0.25, -0.2) is 8.42 Å². The first-order valence-electron chi connectivity index (χ1n) is 6.14.